The summed E-state index contributed by atoms with van der Waals surface area (Å²) in [4.78, 5) is 39.4. The van der Waals surface area contributed by atoms with Crippen LogP contribution >= 0.6 is 15.9 Å². The van der Waals surface area contributed by atoms with Crippen LogP contribution in [0.4, 0.5) is 4.79 Å². The van der Waals surface area contributed by atoms with Crippen molar-refractivity contribution in [3.8, 4) is 0 Å². The van der Waals surface area contributed by atoms with Crippen LogP contribution in [0.2, 0.25) is 0 Å². The Hall–Kier alpha value is -2.15. The van der Waals surface area contributed by atoms with E-state index in [0.717, 1.165) is 11.0 Å². The van der Waals surface area contributed by atoms with E-state index in [1.165, 1.54) is 7.11 Å². The molecular weight excluding hydrogens is 502 g/mol. The number of benzene rings is 1. The second-order valence-corrected chi connectivity index (χ2v) is 8.38. The highest BCUT2D eigenvalue weighted by Gasteiger charge is 2.50. The van der Waals surface area contributed by atoms with E-state index in [4.69, 9.17) is 24.1 Å². The number of carbonyl (C=O) groups excluding carboxylic acids is 3. The number of imide groups is 1. The maximum absolute atomic E-state index is 13.4. The van der Waals surface area contributed by atoms with E-state index in [1.54, 1.807) is 30.3 Å². The van der Waals surface area contributed by atoms with Gasteiger partial charge in [-0.1, -0.05) is 30.3 Å². The lowest BCUT2D eigenvalue weighted by Gasteiger charge is -2.38. The fourth-order valence-electron chi connectivity index (χ4n) is 3.69. The quantitative estimate of drug-likeness (QED) is 0.433. The summed E-state index contributed by atoms with van der Waals surface area (Å²) >= 11 is 3.16. The maximum Gasteiger partial charge on any atom is 0.417 e. The maximum atomic E-state index is 13.4. The number of nitrogens with zero attached hydrogens (tertiary/aromatic N) is 1. The van der Waals surface area contributed by atoms with Crippen molar-refractivity contribution in [3.05, 3.63) is 46.5 Å². The minimum atomic E-state index is -1.90. The van der Waals surface area contributed by atoms with Crippen LogP contribution in [0.15, 0.2) is 40.9 Å². The Morgan fingerprint density at radius 1 is 1.30 bits per heavy atom. The van der Waals surface area contributed by atoms with Crippen LogP contribution in [0.5, 0.6) is 0 Å². The fraction of sp³-hybridized carbons (Fsp3) is 0.500. The molecule has 0 spiro atoms. The number of aliphatic hydroxyl groups is 2. The molecule has 0 aliphatic carbocycles. The molecule has 0 aromatic heterocycles. The first-order valence-electron chi connectivity index (χ1n) is 10.4. The highest BCUT2D eigenvalue weighted by Crippen LogP contribution is 2.37. The number of methoxy groups -OCH3 is 1. The molecule has 33 heavy (non-hydrogen) atoms. The normalized spacial score (nSPS) is 26.2. The topological polar surface area (TPSA) is 132 Å². The van der Waals surface area contributed by atoms with Gasteiger partial charge in [0.05, 0.1) is 17.7 Å². The third kappa shape index (κ3) is 5.68. The average molecular weight is 528 g/mol. The molecule has 1 fully saturated rings. The molecule has 2 amide bonds. The summed E-state index contributed by atoms with van der Waals surface area (Å²) in [6.07, 6.45) is -2.31. The van der Waals surface area contributed by atoms with Crippen molar-refractivity contribution in [1.29, 1.82) is 0 Å². The number of aliphatic hydroxyl groups excluding tert-OH is 1. The highest BCUT2D eigenvalue weighted by molar-refractivity contribution is 9.11. The molecule has 1 aromatic rings. The van der Waals surface area contributed by atoms with E-state index in [-0.39, 0.29) is 37.3 Å². The van der Waals surface area contributed by atoms with Gasteiger partial charge in [-0.15, -0.1) is 0 Å². The number of amides is 2. The van der Waals surface area contributed by atoms with Gasteiger partial charge < -0.3 is 29.2 Å². The van der Waals surface area contributed by atoms with Gasteiger partial charge >= 0.3 is 6.09 Å². The Morgan fingerprint density at radius 2 is 2.03 bits per heavy atom. The molecule has 3 rings (SSSR count). The number of ether oxygens (including phenoxy) is 4. The molecule has 2 aliphatic rings. The molecule has 0 unspecified atom stereocenters. The minimum absolute atomic E-state index is 0.0340. The van der Waals surface area contributed by atoms with Crippen LogP contribution in [-0.4, -0.2) is 84.4 Å². The van der Waals surface area contributed by atoms with Gasteiger partial charge in [-0.05, 0) is 34.0 Å². The van der Waals surface area contributed by atoms with Crippen LogP contribution < -0.4 is 0 Å². The van der Waals surface area contributed by atoms with Crippen molar-refractivity contribution in [2.24, 2.45) is 0 Å². The zero-order valence-corrected chi connectivity index (χ0v) is 19.6. The van der Waals surface area contributed by atoms with E-state index < -0.39 is 41.8 Å². The number of halogens is 1. The third-order valence-corrected chi connectivity index (χ3v) is 6.20. The summed E-state index contributed by atoms with van der Waals surface area (Å²) < 4.78 is 21.4. The van der Waals surface area contributed by atoms with Crippen molar-refractivity contribution in [1.82, 2.24) is 4.90 Å². The molecule has 0 radical (unpaired) electrons. The molecule has 0 saturated carbocycles. The third-order valence-electron chi connectivity index (χ3n) is 5.35. The second-order valence-electron chi connectivity index (χ2n) is 7.52. The number of ketones is 1. The first-order chi connectivity index (χ1) is 15.8. The lowest BCUT2D eigenvalue weighted by Crippen LogP contribution is -2.55. The van der Waals surface area contributed by atoms with Crippen molar-refractivity contribution < 1.29 is 43.5 Å². The van der Waals surface area contributed by atoms with Gasteiger partial charge in [0, 0.05) is 20.1 Å². The summed E-state index contributed by atoms with van der Waals surface area (Å²) in [5, 5.41) is 19.8. The molecule has 2 aliphatic heterocycles. The number of hydrogen-bond donors (Lipinski definition) is 2. The summed E-state index contributed by atoms with van der Waals surface area (Å²) in [6, 6.07) is 8.18. The van der Waals surface area contributed by atoms with Crippen LogP contribution in [0.25, 0.3) is 0 Å². The van der Waals surface area contributed by atoms with Crippen molar-refractivity contribution in [2.45, 2.75) is 36.9 Å². The van der Waals surface area contributed by atoms with Crippen LogP contribution in [0.3, 0.4) is 0 Å². The molecular formula is C22H26BrNO9. The number of carbonyl (C=O) groups is 3. The van der Waals surface area contributed by atoms with E-state index in [0.29, 0.717) is 12.0 Å². The Bertz CT molecular complexity index is 893. The smallest absolute Gasteiger partial charge is 0.417 e. The predicted octanol–water partition coefficient (Wildman–Crippen LogP) is 1.45. The van der Waals surface area contributed by atoms with Crippen LogP contribution in [-0.2, 0) is 28.5 Å². The van der Waals surface area contributed by atoms with Gasteiger partial charge in [0.25, 0.3) is 5.91 Å². The standard InChI is InChI=1S/C22H26BrNO9/c1-30-19(20(27)24-15(13-32-21(24)28)14-6-3-2-4-7-14)18-16(26)12-17(23)22(29,33-18)8-5-10-31-11-9-25/h2-4,6-7,12,15,18-19,25,29H,5,8-11,13H2,1H3/t15-,18+,19+,22-/m0/s1. The molecule has 4 atom stereocenters. The van der Waals surface area contributed by atoms with Gasteiger partial charge in [-0.25, -0.2) is 9.69 Å². The van der Waals surface area contributed by atoms with Crippen molar-refractivity contribution in [3.63, 3.8) is 0 Å². The van der Waals surface area contributed by atoms with Crippen molar-refractivity contribution >= 4 is 33.7 Å². The lowest BCUT2D eigenvalue weighted by molar-refractivity contribution is -0.227. The second kappa shape index (κ2) is 11.3. The zero-order valence-electron chi connectivity index (χ0n) is 18.0. The molecule has 10 nitrogen and oxygen atoms in total. The minimum Gasteiger partial charge on any atom is -0.446 e. The first-order valence-corrected chi connectivity index (χ1v) is 11.2. The van der Waals surface area contributed by atoms with E-state index in [1.807, 2.05) is 0 Å². The Balaban J connectivity index is 1.78. The van der Waals surface area contributed by atoms with Gasteiger partial charge in [-0.3, -0.25) is 9.59 Å². The molecule has 2 N–H and O–H groups in total. The molecule has 0 bridgehead atoms. The first kappa shape index (κ1) is 25.5. The van der Waals surface area contributed by atoms with Crippen LogP contribution in [0.1, 0.15) is 24.4 Å². The SMILES string of the molecule is CO[C@@H](C(=O)N1C(=O)OC[C@H]1c1ccccc1)[C@@H]1O[C@@](O)(CCCOCCO)C(Br)=CC1=O. The van der Waals surface area contributed by atoms with Gasteiger partial charge in [0.15, 0.2) is 23.8 Å². The number of cyclic esters (lactones) is 1. The largest absolute Gasteiger partial charge is 0.446 e. The molecule has 180 valence electrons. The Labute approximate surface area is 199 Å². The zero-order chi connectivity index (χ0) is 24.0. The van der Waals surface area contributed by atoms with E-state index >= 15 is 0 Å². The number of hydrogen-bond acceptors (Lipinski definition) is 9. The summed E-state index contributed by atoms with van der Waals surface area (Å²) in [5.41, 5.74) is 0.685. The van der Waals surface area contributed by atoms with Crippen molar-refractivity contribution in [2.75, 3.05) is 33.5 Å². The molecule has 1 aromatic carbocycles. The Morgan fingerprint density at radius 3 is 2.70 bits per heavy atom. The fourth-order valence-corrected chi connectivity index (χ4v) is 4.21. The average Bonchev–Trinajstić information content (AvgIpc) is 3.19. The summed E-state index contributed by atoms with van der Waals surface area (Å²) in [6.45, 7) is 0.248. The number of rotatable bonds is 10. The van der Waals surface area contributed by atoms with E-state index in [9.17, 15) is 19.5 Å². The lowest BCUT2D eigenvalue weighted by atomic mass is 9.99. The Kier molecular flexibility index (Phi) is 8.74. The monoisotopic (exact) mass is 527 g/mol. The van der Waals surface area contributed by atoms with Gasteiger partial charge in [0.1, 0.15) is 12.6 Å². The van der Waals surface area contributed by atoms with Gasteiger partial charge in [0.2, 0.25) is 0 Å². The van der Waals surface area contributed by atoms with Gasteiger partial charge in [-0.2, -0.15) is 0 Å². The molecule has 1 saturated heterocycles. The summed E-state index contributed by atoms with van der Waals surface area (Å²) in [7, 11) is 1.22. The van der Waals surface area contributed by atoms with E-state index in [2.05, 4.69) is 15.9 Å². The highest BCUT2D eigenvalue weighted by atomic mass is 79.9. The summed E-state index contributed by atoms with van der Waals surface area (Å²) in [5.74, 6) is -3.32. The molecule has 11 heteroatoms. The molecule has 2 heterocycles. The van der Waals surface area contributed by atoms with Crippen LogP contribution in [0, 0.1) is 0 Å². The predicted molar refractivity (Wildman–Crippen MR) is 117 cm³/mol.